The van der Waals surface area contributed by atoms with Crippen LogP contribution < -0.4 is 0 Å². The van der Waals surface area contributed by atoms with Crippen LogP contribution in [-0.4, -0.2) is 17.0 Å². The van der Waals surface area contributed by atoms with E-state index in [4.69, 9.17) is 5.11 Å². The van der Waals surface area contributed by atoms with Gasteiger partial charge >= 0.3 is 5.97 Å². The van der Waals surface area contributed by atoms with Crippen molar-refractivity contribution in [2.24, 2.45) is 16.1 Å². The van der Waals surface area contributed by atoms with E-state index in [0.29, 0.717) is 11.3 Å². The van der Waals surface area contributed by atoms with Crippen LogP contribution in [0.4, 0.5) is 4.39 Å². The largest absolute Gasteiger partial charge is 0.478 e. The van der Waals surface area contributed by atoms with Gasteiger partial charge in [-0.3, -0.25) is 4.79 Å². The molecule has 1 amide bonds. The van der Waals surface area contributed by atoms with Gasteiger partial charge in [0.15, 0.2) is 0 Å². The predicted octanol–water partition coefficient (Wildman–Crippen LogP) is 3.06. The summed E-state index contributed by atoms with van der Waals surface area (Å²) in [6.45, 7) is 0. The highest BCUT2D eigenvalue weighted by Crippen LogP contribution is 2.30. The summed E-state index contributed by atoms with van der Waals surface area (Å²) in [5, 5.41) is 16.5. The van der Waals surface area contributed by atoms with E-state index in [1.807, 2.05) is 0 Å². The summed E-state index contributed by atoms with van der Waals surface area (Å²) < 4.78 is 13.4. The average Bonchev–Trinajstić information content (AvgIpc) is 2.52. The number of hydrogen-bond acceptors (Lipinski definition) is 3. The van der Waals surface area contributed by atoms with Crippen molar-refractivity contribution in [3.63, 3.8) is 0 Å². The van der Waals surface area contributed by atoms with Gasteiger partial charge in [0.05, 0.1) is 17.2 Å². The van der Waals surface area contributed by atoms with Gasteiger partial charge in [0, 0.05) is 6.42 Å². The highest BCUT2D eigenvalue weighted by atomic mass is 19.1. The number of rotatable bonds is 3. The zero-order chi connectivity index (χ0) is 15.7. The number of benzene rings is 1. The van der Waals surface area contributed by atoms with E-state index in [2.05, 4.69) is 10.2 Å². The highest BCUT2D eigenvalue weighted by Gasteiger charge is 2.27. The first-order valence-electron chi connectivity index (χ1n) is 6.61. The number of carboxylic acid groups (broad SMARTS) is 1. The summed E-state index contributed by atoms with van der Waals surface area (Å²) in [6, 6.07) is 3.89. The lowest BCUT2D eigenvalue weighted by atomic mass is 9.89. The molecule has 0 fully saturated rings. The van der Waals surface area contributed by atoms with Crippen molar-refractivity contribution < 1.29 is 19.1 Å². The molecule has 1 aromatic carbocycles. The van der Waals surface area contributed by atoms with E-state index >= 15 is 0 Å². The van der Waals surface area contributed by atoms with Crippen molar-refractivity contribution in [1.29, 1.82) is 0 Å². The molecule has 1 aliphatic heterocycles. The fraction of sp³-hybridized carbons (Fsp3) is 0.125. The fourth-order valence-electron chi connectivity index (χ4n) is 2.44. The molecule has 2 aliphatic rings. The first kappa shape index (κ1) is 14.1. The number of azo groups is 1. The predicted molar refractivity (Wildman–Crippen MR) is 75.7 cm³/mol. The molecule has 0 bridgehead atoms. The maximum Gasteiger partial charge on any atom is 0.338 e. The van der Waals surface area contributed by atoms with Crippen LogP contribution in [0.15, 0.2) is 64.0 Å². The quantitative estimate of drug-likeness (QED) is 0.931. The summed E-state index contributed by atoms with van der Waals surface area (Å²) in [5.41, 5.74) is 1.52. The van der Waals surface area contributed by atoms with Crippen LogP contribution >= 0.6 is 0 Å². The van der Waals surface area contributed by atoms with Gasteiger partial charge in [-0.1, -0.05) is 30.4 Å². The van der Waals surface area contributed by atoms with Gasteiger partial charge in [0.2, 0.25) is 0 Å². The molecule has 1 unspecified atom stereocenters. The minimum Gasteiger partial charge on any atom is -0.478 e. The molecule has 0 saturated carbocycles. The van der Waals surface area contributed by atoms with Gasteiger partial charge in [-0.25, -0.2) is 9.18 Å². The van der Waals surface area contributed by atoms with Gasteiger partial charge in [-0.05, 0) is 23.3 Å². The Balaban J connectivity index is 1.96. The standard InChI is InChI=1S/C16H11FN2O3/c17-13-6-5-9(7-12(13)16(21)22)8-14-10-3-1-2-4-11(10)15(20)19-18-14/h1-7,11H,8H2,(H,21,22). The van der Waals surface area contributed by atoms with E-state index in [0.717, 1.165) is 11.6 Å². The second-order valence-corrected chi connectivity index (χ2v) is 4.96. The molecular weight excluding hydrogens is 287 g/mol. The van der Waals surface area contributed by atoms with Gasteiger partial charge in [0.25, 0.3) is 5.91 Å². The van der Waals surface area contributed by atoms with Crippen molar-refractivity contribution >= 4 is 11.9 Å². The third-order valence-electron chi connectivity index (χ3n) is 3.53. The van der Waals surface area contributed by atoms with E-state index < -0.39 is 17.7 Å². The number of fused-ring (bicyclic) bond motifs is 1. The van der Waals surface area contributed by atoms with Crippen molar-refractivity contribution in [1.82, 2.24) is 0 Å². The molecule has 1 aromatic rings. The molecular formula is C16H11FN2O3. The Bertz CT molecular complexity index is 791. The number of aromatic carboxylic acids is 1. The van der Waals surface area contributed by atoms with Crippen LogP contribution in [0.1, 0.15) is 15.9 Å². The maximum absolute atomic E-state index is 13.4. The average molecular weight is 298 g/mol. The molecule has 110 valence electrons. The van der Waals surface area contributed by atoms with Crippen LogP contribution in [-0.2, 0) is 11.2 Å². The zero-order valence-electron chi connectivity index (χ0n) is 11.4. The van der Waals surface area contributed by atoms with Gasteiger partial charge in [0.1, 0.15) is 5.82 Å². The molecule has 22 heavy (non-hydrogen) atoms. The Hall–Kier alpha value is -2.89. The smallest absolute Gasteiger partial charge is 0.338 e. The van der Waals surface area contributed by atoms with Crippen LogP contribution in [0.3, 0.4) is 0 Å². The summed E-state index contributed by atoms with van der Waals surface area (Å²) in [7, 11) is 0. The van der Waals surface area contributed by atoms with Crippen LogP contribution in [0.25, 0.3) is 0 Å². The van der Waals surface area contributed by atoms with Crippen LogP contribution in [0.2, 0.25) is 0 Å². The molecule has 1 N–H and O–H groups in total. The number of hydrogen-bond donors (Lipinski definition) is 1. The molecule has 1 atom stereocenters. The fourth-order valence-corrected chi connectivity index (χ4v) is 2.44. The second-order valence-electron chi connectivity index (χ2n) is 4.96. The number of nitrogens with zero attached hydrogens (tertiary/aromatic N) is 2. The third-order valence-corrected chi connectivity index (χ3v) is 3.53. The number of allylic oxidation sites excluding steroid dienone is 4. The Morgan fingerprint density at radius 1 is 1.27 bits per heavy atom. The van der Waals surface area contributed by atoms with E-state index in [1.165, 1.54) is 12.1 Å². The molecule has 0 spiro atoms. The number of halogens is 1. The molecule has 6 heteroatoms. The van der Waals surface area contributed by atoms with Crippen LogP contribution in [0.5, 0.6) is 0 Å². The van der Waals surface area contributed by atoms with Gasteiger partial charge in [-0.2, -0.15) is 5.11 Å². The lowest BCUT2D eigenvalue weighted by molar-refractivity contribution is -0.120. The van der Waals surface area contributed by atoms with Crippen LogP contribution in [0, 0.1) is 11.7 Å². The highest BCUT2D eigenvalue weighted by molar-refractivity contribution is 5.88. The summed E-state index contributed by atoms with van der Waals surface area (Å²) >= 11 is 0. The van der Waals surface area contributed by atoms with E-state index in [9.17, 15) is 14.0 Å². The molecule has 0 radical (unpaired) electrons. The van der Waals surface area contributed by atoms with Gasteiger partial charge < -0.3 is 5.11 Å². The van der Waals surface area contributed by atoms with Crippen molar-refractivity contribution in [2.45, 2.75) is 6.42 Å². The second kappa shape index (κ2) is 5.48. The van der Waals surface area contributed by atoms with Gasteiger partial charge in [-0.15, -0.1) is 5.11 Å². The van der Waals surface area contributed by atoms with Crippen molar-refractivity contribution in [3.05, 3.63) is 70.7 Å². The Kier molecular flexibility index (Phi) is 3.50. The Morgan fingerprint density at radius 3 is 2.86 bits per heavy atom. The lowest BCUT2D eigenvalue weighted by Gasteiger charge is -2.19. The third kappa shape index (κ3) is 2.50. The maximum atomic E-state index is 13.4. The van der Waals surface area contributed by atoms with E-state index in [1.54, 1.807) is 24.3 Å². The molecule has 0 aromatic heterocycles. The summed E-state index contributed by atoms with van der Waals surface area (Å²) in [5.74, 6) is -2.88. The zero-order valence-corrected chi connectivity index (χ0v) is 11.4. The van der Waals surface area contributed by atoms with Crippen molar-refractivity contribution in [2.75, 3.05) is 0 Å². The molecule has 5 nitrogen and oxygen atoms in total. The topological polar surface area (TPSA) is 79.1 Å². The number of carbonyl (C=O) groups excluding carboxylic acids is 1. The molecule has 1 heterocycles. The molecule has 3 rings (SSSR count). The minimum atomic E-state index is -1.32. The Labute approximate surface area is 125 Å². The monoisotopic (exact) mass is 298 g/mol. The lowest BCUT2D eigenvalue weighted by Crippen LogP contribution is -2.18. The number of carbonyl (C=O) groups is 2. The normalized spacial score (nSPS) is 19.5. The summed E-state index contributed by atoms with van der Waals surface area (Å²) in [4.78, 5) is 22.7. The SMILES string of the molecule is O=C(O)c1cc(CC2=C3C=CC=CC3C(=O)N=N2)ccc1F. The number of amides is 1. The van der Waals surface area contributed by atoms with E-state index in [-0.39, 0.29) is 17.9 Å². The Morgan fingerprint density at radius 2 is 2.09 bits per heavy atom. The minimum absolute atomic E-state index is 0.279. The first-order valence-corrected chi connectivity index (χ1v) is 6.61. The number of carboxylic acids is 1. The molecule has 1 aliphatic carbocycles. The first-order chi connectivity index (χ1) is 10.6. The molecule has 0 saturated heterocycles. The summed E-state index contributed by atoms with van der Waals surface area (Å²) in [6.07, 6.45) is 7.38. The van der Waals surface area contributed by atoms with Crippen molar-refractivity contribution in [3.8, 4) is 0 Å².